The number of hydrogen-bond acceptors (Lipinski definition) is 6. The number of carbonyl (C=O) groups is 2. The molecule has 2 aromatic carbocycles. The normalized spacial score (nSPS) is 25.6. The monoisotopic (exact) mass is 487 g/mol. The zero-order valence-corrected chi connectivity index (χ0v) is 19.3. The standard InChI is InChI=1S/C24H27ClFN5O3/c25-19-6-5-18(7-20(19)26)34-12-22(32)30-24-8-17(9-24)21(10-24)29-23(33)16-3-1-15(2-4-16)11-31-14-27-13-28-31/h1-7,17,21,27-28H,8-14H2,(H,29,33)(H,30,32). The van der Waals surface area contributed by atoms with E-state index in [9.17, 15) is 14.0 Å². The van der Waals surface area contributed by atoms with Crippen molar-refractivity contribution in [2.45, 2.75) is 37.4 Å². The molecule has 1 heterocycles. The van der Waals surface area contributed by atoms with Crippen molar-refractivity contribution >= 4 is 23.4 Å². The number of benzene rings is 2. The Labute approximate surface area is 202 Å². The van der Waals surface area contributed by atoms with Crippen molar-refractivity contribution in [3.05, 3.63) is 64.4 Å². The topological polar surface area (TPSA) is 94.7 Å². The van der Waals surface area contributed by atoms with Gasteiger partial charge in [-0.3, -0.25) is 14.9 Å². The Morgan fingerprint density at radius 1 is 1.18 bits per heavy atom. The van der Waals surface area contributed by atoms with Crippen LogP contribution in [0.3, 0.4) is 0 Å². The third-order valence-corrected chi connectivity index (χ3v) is 7.09. The smallest absolute Gasteiger partial charge is 0.258 e. The lowest BCUT2D eigenvalue weighted by Gasteiger charge is -2.39. The molecule has 1 atom stereocenters. The van der Waals surface area contributed by atoms with Gasteiger partial charge in [0.1, 0.15) is 11.6 Å². The number of nitrogens with one attached hydrogen (secondary N) is 4. The quantitative estimate of drug-likeness (QED) is 0.456. The van der Waals surface area contributed by atoms with Crippen molar-refractivity contribution in [3.8, 4) is 5.75 Å². The first-order valence-corrected chi connectivity index (χ1v) is 11.7. The van der Waals surface area contributed by atoms with Crippen LogP contribution in [-0.4, -0.2) is 48.3 Å². The highest BCUT2D eigenvalue weighted by Gasteiger charge is 2.57. The summed E-state index contributed by atoms with van der Waals surface area (Å²) in [6.45, 7) is 2.11. The van der Waals surface area contributed by atoms with E-state index in [4.69, 9.17) is 16.3 Å². The summed E-state index contributed by atoms with van der Waals surface area (Å²) in [6, 6.07) is 11.7. The molecule has 4 fully saturated rings. The van der Waals surface area contributed by atoms with Gasteiger partial charge in [-0.2, -0.15) is 0 Å². The van der Waals surface area contributed by atoms with Gasteiger partial charge < -0.3 is 15.4 Å². The van der Waals surface area contributed by atoms with Crippen LogP contribution < -0.4 is 26.1 Å². The first kappa shape index (κ1) is 23.0. The van der Waals surface area contributed by atoms with Crippen molar-refractivity contribution in [1.82, 2.24) is 26.4 Å². The molecular weight excluding hydrogens is 461 g/mol. The first-order chi connectivity index (χ1) is 16.4. The maximum absolute atomic E-state index is 13.5. The Kier molecular flexibility index (Phi) is 6.44. The van der Waals surface area contributed by atoms with E-state index in [2.05, 4.69) is 26.4 Å². The molecule has 3 saturated carbocycles. The number of amides is 2. The van der Waals surface area contributed by atoms with Crippen molar-refractivity contribution in [2.75, 3.05) is 19.9 Å². The number of rotatable bonds is 8. The maximum Gasteiger partial charge on any atom is 0.258 e. The number of fused-ring (bicyclic) bond motifs is 1. The minimum atomic E-state index is -0.593. The lowest BCUT2D eigenvalue weighted by molar-refractivity contribution is -0.125. The third kappa shape index (κ3) is 5.02. The molecule has 3 aliphatic carbocycles. The SMILES string of the molecule is O=C(COc1ccc(Cl)c(F)c1)NC12CC(C1)C(NC(=O)c1ccc(CN3CNCN3)cc1)C2. The maximum atomic E-state index is 13.5. The number of carbonyl (C=O) groups excluding carboxylic acids is 2. The van der Waals surface area contributed by atoms with Crippen molar-refractivity contribution in [1.29, 1.82) is 0 Å². The van der Waals surface area contributed by atoms with Crippen molar-refractivity contribution < 1.29 is 18.7 Å². The van der Waals surface area contributed by atoms with E-state index in [1.807, 2.05) is 24.3 Å². The van der Waals surface area contributed by atoms with E-state index in [0.29, 0.717) is 17.9 Å². The molecule has 10 heteroatoms. The van der Waals surface area contributed by atoms with Gasteiger partial charge in [-0.15, -0.1) is 0 Å². The Morgan fingerprint density at radius 3 is 2.68 bits per heavy atom. The summed E-state index contributed by atoms with van der Waals surface area (Å²) >= 11 is 5.66. The summed E-state index contributed by atoms with van der Waals surface area (Å²) in [5.41, 5.74) is 4.67. The molecule has 4 N–H and O–H groups in total. The highest BCUT2D eigenvalue weighted by atomic mass is 35.5. The van der Waals surface area contributed by atoms with E-state index in [-0.39, 0.29) is 40.8 Å². The second-order valence-electron chi connectivity index (χ2n) is 9.28. The number of hydrogen-bond donors (Lipinski definition) is 4. The molecule has 1 saturated heterocycles. The van der Waals surface area contributed by atoms with Crippen LogP contribution in [0.4, 0.5) is 4.39 Å². The van der Waals surface area contributed by atoms with Gasteiger partial charge in [-0.05, 0) is 55.0 Å². The highest BCUT2D eigenvalue weighted by Crippen LogP contribution is 2.52. The highest BCUT2D eigenvalue weighted by molar-refractivity contribution is 6.30. The summed E-state index contributed by atoms with van der Waals surface area (Å²) < 4.78 is 18.9. The van der Waals surface area contributed by atoms with Crippen LogP contribution in [0.15, 0.2) is 42.5 Å². The number of ether oxygens (including phenoxy) is 1. The minimum Gasteiger partial charge on any atom is -0.484 e. The van der Waals surface area contributed by atoms with E-state index in [0.717, 1.165) is 44.4 Å². The van der Waals surface area contributed by atoms with E-state index < -0.39 is 5.82 Å². The lowest BCUT2D eigenvalue weighted by Crippen LogP contribution is -2.53. The van der Waals surface area contributed by atoms with Gasteiger partial charge in [0.2, 0.25) is 0 Å². The van der Waals surface area contributed by atoms with Crippen molar-refractivity contribution in [2.24, 2.45) is 5.92 Å². The van der Waals surface area contributed by atoms with Crippen LogP contribution in [0.2, 0.25) is 5.02 Å². The Bertz CT molecular complexity index is 1070. The Morgan fingerprint density at radius 2 is 1.97 bits per heavy atom. The first-order valence-electron chi connectivity index (χ1n) is 11.4. The fraction of sp³-hybridized carbons (Fsp3) is 0.417. The average Bonchev–Trinajstić information content (AvgIpc) is 3.50. The molecule has 0 aromatic heterocycles. The molecule has 180 valence electrons. The van der Waals surface area contributed by atoms with Gasteiger partial charge in [0.05, 0.1) is 18.4 Å². The molecule has 2 bridgehead atoms. The molecule has 0 spiro atoms. The lowest BCUT2D eigenvalue weighted by atomic mass is 9.76. The second kappa shape index (κ2) is 9.50. The van der Waals surface area contributed by atoms with Crippen LogP contribution in [0.1, 0.15) is 35.2 Å². The molecule has 2 aromatic rings. The van der Waals surface area contributed by atoms with Gasteiger partial charge in [0.15, 0.2) is 6.61 Å². The predicted molar refractivity (Wildman–Crippen MR) is 124 cm³/mol. The Balaban J connectivity index is 1.09. The molecule has 2 amide bonds. The third-order valence-electron chi connectivity index (χ3n) is 6.79. The zero-order valence-electron chi connectivity index (χ0n) is 18.6. The molecule has 6 rings (SSSR count). The number of hydrazine groups is 1. The molecule has 0 radical (unpaired) electrons. The van der Waals surface area contributed by atoms with Crippen LogP contribution in [-0.2, 0) is 11.3 Å². The number of nitrogens with zero attached hydrogens (tertiary/aromatic N) is 1. The molecular formula is C24H27ClFN5O3. The van der Waals surface area contributed by atoms with E-state index in [1.54, 1.807) is 0 Å². The predicted octanol–water partition coefficient (Wildman–Crippen LogP) is 2.15. The fourth-order valence-electron chi connectivity index (χ4n) is 5.11. The van der Waals surface area contributed by atoms with Gasteiger partial charge >= 0.3 is 0 Å². The van der Waals surface area contributed by atoms with Crippen LogP contribution in [0, 0.1) is 11.7 Å². The number of halogens is 2. The largest absolute Gasteiger partial charge is 0.484 e. The van der Waals surface area contributed by atoms with Gasteiger partial charge in [-0.25, -0.2) is 14.8 Å². The average molecular weight is 488 g/mol. The second-order valence-corrected chi connectivity index (χ2v) is 9.69. The van der Waals surface area contributed by atoms with Crippen LogP contribution in [0.25, 0.3) is 0 Å². The summed E-state index contributed by atoms with van der Waals surface area (Å²) in [5.74, 6) is -0.357. The van der Waals surface area contributed by atoms with Gasteiger partial charge in [0.25, 0.3) is 11.8 Å². The molecule has 1 unspecified atom stereocenters. The fourth-order valence-corrected chi connectivity index (χ4v) is 5.23. The van der Waals surface area contributed by atoms with Gasteiger partial charge in [0, 0.05) is 29.8 Å². The molecule has 1 aliphatic heterocycles. The van der Waals surface area contributed by atoms with E-state index in [1.165, 1.54) is 12.1 Å². The van der Waals surface area contributed by atoms with Crippen LogP contribution in [0.5, 0.6) is 5.75 Å². The minimum absolute atomic E-state index is 0.00289. The molecule has 34 heavy (non-hydrogen) atoms. The molecule has 4 aliphatic rings. The summed E-state index contributed by atoms with van der Waals surface area (Å²) in [6.07, 6.45) is 2.35. The summed E-state index contributed by atoms with van der Waals surface area (Å²) in [4.78, 5) is 25.2. The van der Waals surface area contributed by atoms with Gasteiger partial charge in [-0.1, -0.05) is 23.7 Å². The zero-order chi connectivity index (χ0) is 23.7. The van der Waals surface area contributed by atoms with Crippen LogP contribution >= 0.6 is 11.6 Å². The molecule has 8 nitrogen and oxygen atoms in total. The summed E-state index contributed by atoms with van der Waals surface area (Å²) in [7, 11) is 0. The summed E-state index contributed by atoms with van der Waals surface area (Å²) in [5, 5.41) is 11.5. The van der Waals surface area contributed by atoms with Crippen molar-refractivity contribution in [3.63, 3.8) is 0 Å². The Hall–Kier alpha value is -2.72. The van der Waals surface area contributed by atoms with E-state index >= 15 is 0 Å².